The first kappa shape index (κ1) is 19.5. The number of benzene rings is 2. The third-order valence-electron chi connectivity index (χ3n) is 4.56. The zero-order valence-electron chi connectivity index (χ0n) is 15.3. The van der Waals surface area contributed by atoms with Crippen LogP contribution in [-0.4, -0.2) is 39.9 Å². The predicted molar refractivity (Wildman–Crippen MR) is 104 cm³/mol. The van der Waals surface area contributed by atoms with Crippen LogP contribution in [0.3, 0.4) is 0 Å². The van der Waals surface area contributed by atoms with Crippen molar-refractivity contribution in [3.05, 3.63) is 82.4 Å². The number of carbonyl (C=O) groups excluding carboxylic acids is 1. The van der Waals surface area contributed by atoms with E-state index >= 15 is 0 Å². The van der Waals surface area contributed by atoms with Crippen LogP contribution in [0.1, 0.15) is 18.5 Å². The Morgan fingerprint density at radius 2 is 1.93 bits per heavy atom. The molecule has 1 fully saturated rings. The minimum Gasteiger partial charge on any atom is -0.384 e. The van der Waals surface area contributed by atoms with Gasteiger partial charge in [-0.15, -0.1) is 0 Å². The Hall–Kier alpha value is -3.23. The maximum Gasteiger partial charge on any atom is 0.324 e. The van der Waals surface area contributed by atoms with Crippen molar-refractivity contribution in [2.45, 2.75) is 25.3 Å². The summed E-state index contributed by atoms with van der Waals surface area (Å²) >= 11 is 0. The lowest BCUT2D eigenvalue weighted by Gasteiger charge is -2.31. The number of nitro groups is 1. The van der Waals surface area contributed by atoms with E-state index in [0.717, 1.165) is 5.56 Å². The van der Waals surface area contributed by atoms with Gasteiger partial charge < -0.3 is 15.2 Å². The molecule has 1 aliphatic rings. The first-order chi connectivity index (χ1) is 13.4. The van der Waals surface area contributed by atoms with Crippen LogP contribution in [0.15, 0.2) is 66.7 Å². The molecule has 2 aromatic rings. The number of amides is 2. The molecule has 0 radical (unpaired) electrons. The van der Waals surface area contributed by atoms with Crippen LogP contribution in [0, 0.1) is 10.1 Å². The number of hydrogen-bond acceptors (Lipinski definition) is 5. The van der Waals surface area contributed by atoms with Gasteiger partial charge in [0.1, 0.15) is 6.10 Å². The van der Waals surface area contributed by atoms with E-state index in [9.17, 15) is 20.0 Å². The van der Waals surface area contributed by atoms with Gasteiger partial charge in [-0.25, -0.2) is 4.79 Å². The van der Waals surface area contributed by atoms with Crippen molar-refractivity contribution >= 4 is 17.4 Å². The SMILES string of the molecule is C=C(C)[C@H](O)[C@@H]1OC[C@H](c2ccccc2)N1C(=O)Nc1ccc([N+](=O)[O-])cc1. The Labute approximate surface area is 162 Å². The second-order valence-electron chi connectivity index (χ2n) is 6.58. The summed E-state index contributed by atoms with van der Waals surface area (Å²) in [4.78, 5) is 24.7. The number of nitrogens with zero attached hydrogens (tertiary/aromatic N) is 2. The lowest BCUT2D eigenvalue weighted by molar-refractivity contribution is -0.384. The van der Waals surface area contributed by atoms with Crippen molar-refractivity contribution in [2.24, 2.45) is 0 Å². The lowest BCUT2D eigenvalue weighted by Crippen LogP contribution is -2.46. The van der Waals surface area contributed by atoms with Crippen LogP contribution >= 0.6 is 0 Å². The molecule has 0 aromatic heterocycles. The van der Waals surface area contributed by atoms with Gasteiger partial charge in [-0.05, 0) is 30.2 Å². The summed E-state index contributed by atoms with van der Waals surface area (Å²) in [5.74, 6) is 0. The summed E-state index contributed by atoms with van der Waals surface area (Å²) in [7, 11) is 0. The van der Waals surface area contributed by atoms with Crippen molar-refractivity contribution in [2.75, 3.05) is 11.9 Å². The van der Waals surface area contributed by atoms with E-state index in [1.165, 1.54) is 29.2 Å². The number of rotatable bonds is 5. The van der Waals surface area contributed by atoms with Crippen molar-refractivity contribution in [1.29, 1.82) is 0 Å². The Balaban J connectivity index is 1.86. The second kappa shape index (κ2) is 8.20. The van der Waals surface area contributed by atoms with Gasteiger partial charge >= 0.3 is 6.03 Å². The molecular formula is C20H21N3O5. The molecular weight excluding hydrogens is 362 g/mol. The molecule has 146 valence electrons. The van der Waals surface area contributed by atoms with Crippen molar-refractivity contribution in [3.63, 3.8) is 0 Å². The Morgan fingerprint density at radius 1 is 1.29 bits per heavy atom. The van der Waals surface area contributed by atoms with E-state index in [1.807, 2.05) is 30.3 Å². The van der Waals surface area contributed by atoms with Gasteiger partial charge in [-0.2, -0.15) is 0 Å². The fourth-order valence-electron chi connectivity index (χ4n) is 3.06. The van der Waals surface area contributed by atoms with Gasteiger partial charge in [0.05, 0.1) is 17.6 Å². The standard InChI is InChI=1S/C20H21N3O5/c1-13(2)18(24)19-22(17(12-28-19)14-6-4-3-5-7-14)20(25)21-15-8-10-16(11-9-15)23(26)27/h3-11,17-19,24H,1,12H2,2H3,(H,21,25)/t17-,18+,19+/m1/s1. The summed E-state index contributed by atoms with van der Waals surface area (Å²) in [5, 5.41) is 24.0. The molecule has 0 aliphatic carbocycles. The maximum atomic E-state index is 13.0. The quantitative estimate of drug-likeness (QED) is 0.467. The summed E-state index contributed by atoms with van der Waals surface area (Å²) in [5.41, 5.74) is 1.68. The Bertz CT molecular complexity index is 869. The number of aliphatic hydroxyl groups is 1. The number of nitro benzene ring substituents is 1. The molecule has 0 saturated carbocycles. The number of anilines is 1. The number of ether oxygens (including phenoxy) is 1. The minimum atomic E-state index is -1.05. The van der Waals surface area contributed by atoms with Crippen LogP contribution in [0.2, 0.25) is 0 Å². The van der Waals surface area contributed by atoms with Gasteiger partial charge in [-0.1, -0.05) is 36.9 Å². The fraction of sp³-hybridized carbons (Fsp3) is 0.250. The Kier molecular flexibility index (Phi) is 5.72. The molecule has 28 heavy (non-hydrogen) atoms. The molecule has 2 aromatic carbocycles. The van der Waals surface area contributed by atoms with Crippen LogP contribution in [-0.2, 0) is 4.74 Å². The molecule has 0 unspecified atom stereocenters. The highest BCUT2D eigenvalue weighted by atomic mass is 16.6. The van der Waals surface area contributed by atoms with Gasteiger partial charge in [0.15, 0.2) is 6.23 Å². The van der Waals surface area contributed by atoms with Gasteiger partial charge in [0, 0.05) is 17.8 Å². The van der Waals surface area contributed by atoms with Crippen molar-refractivity contribution < 1.29 is 19.6 Å². The fourth-order valence-corrected chi connectivity index (χ4v) is 3.06. The van der Waals surface area contributed by atoms with Gasteiger partial charge in [0.25, 0.3) is 5.69 Å². The molecule has 0 spiro atoms. The van der Waals surface area contributed by atoms with Crippen LogP contribution in [0.5, 0.6) is 0 Å². The molecule has 1 heterocycles. The first-order valence-corrected chi connectivity index (χ1v) is 8.72. The third-order valence-corrected chi connectivity index (χ3v) is 4.56. The predicted octanol–water partition coefficient (Wildman–Crippen LogP) is 3.46. The Morgan fingerprint density at radius 3 is 2.50 bits per heavy atom. The molecule has 3 rings (SSSR count). The minimum absolute atomic E-state index is 0.0692. The van der Waals surface area contributed by atoms with Crippen LogP contribution in [0.25, 0.3) is 0 Å². The second-order valence-corrected chi connectivity index (χ2v) is 6.58. The van der Waals surface area contributed by atoms with Crippen molar-refractivity contribution in [3.8, 4) is 0 Å². The molecule has 3 atom stereocenters. The number of non-ortho nitro benzene ring substituents is 1. The first-order valence-electron chi connectivity index (χ1n) is 8.72. The molecule has 8 nitrogen and oxygen atoms in total. The zero-order valence-corrected chi connectivity index (χ0v) is 15.3. The van der Waals surface area contributed by atoms with E-state index in [-0.39, 0.29) is 12.3 Å². The summed E-state index contributed by atoms with van der Waals surface area (Å²) in [6, 6.07) is 14.0. The smallest absolute Gasteiger partial charge is 0.324 e. The average Bonchev–Trinajstić information content (AvgIpc) is 3.13. The molecule has 2 N–H and O–H groups in total. The van der Waals surface area contributed by atoms with E-state index in [0.29, 0.717) is 11.3 Å². The van der Waals surface area contributed by atoms with Crippen LogP contribution < -0.4 is 5.32 Å². The summed E-state index contributed by atoms with van der Waals surface area (Å²) in [6.07, 6.45) is -1.93. The highest BCUT2D eigenvalue weighted by Crippen LogP contribution is 2.33. The number of carbonyl (C=O) groups is 1. The number of urea groups is 1. The maximum absolute atomic E-state index is 13.0. The molecule has 0 bridgehead atoms. The van der Waals surface area contributed by atoms with E-state index in [1.54, 1.807) is 6.92 Å². The normalized spacial score (nSPS) is 19.9. The van der Waals surface area contributed by atoms with E-state index < -0.39 is 29.3 Å². The molecule has 2 amide bonds. The number of nitrogens with one attached hydrogen (secondary N) is 1. The van der Waals surface area contributed by atoms with Crippen LogP contribution in [0.4, 0.5) is 16.2 Å². The number of aliphatic hydroxyl groups excluding tert-OH is 1. The highest BCUT2D eigenvalue weighted by Gasteiger charge is 2.42. The largest absolute Gasteiger partial charge is 0.384 e. The topological polar surface area (TPSA) is 105 Å². The lowest BCUT2D eigenvalue weighted by atomic mass is 10.1. The zero-order chi connectivity index (χ0) is 20.3. The number of hydrogen-bond donors (Lipinski definition) is 2. The third kappa shape index (κ3) is 4.03. The summed E-state index contributed by atoms with van der Waals surface area (Å²) in [6.45, 7) is 5.64. The average molecular weight is 383 g/mol. The molecule has 1 saturated heterocycles. The van der Waals surface area contributed by atoms with Gasteiger partial charge in [-0.3, -0.25) is 15.0 Å². The monoisotopic (exact) mass is 383 g/mol. The molecule has 1 aliphatic heterocycles. The van der Waals surface area contributed by atoms with E-state index in [4.69, 9.17) is 4.74 Å². The molecule has 8 heteroatoms. The highest BCUT2D eigenvalue weighted by molar-refractivity contribution is 5.90. The van der Waals surface area contributed by atoms with E-state index in [2.05, 4.69) is 11.9 Å². The van der Waals surface area contributed by atoms with Crippen molar-refractivity contribution in [1.82, 2.24) is 4.90 Å². The van der Waals surface area contributed by atoms with Gasteiger partial charge in [0.2, 0.25) is 0 Å². The summed E-state index contributed by atoms with van der Waals surface area (Å²) < 4.78 is 5.73.